The molecule has 1 saturated heterocycles. The highest BCUT2D eigenvalue weighted by Gasteiger charge is 2.45. The Bertz CT molecular complexity index is 943. The molecule has 0 bridgehead atoms. The van der Waals surface area contributed by atoms with Crippen molar-refractivity contribution in [3.05, 3.63) is 45.0 Å². The molecule has 1 atom stereocenters. The van der Waals surface area contributed by atoms with Crippen molar-refractivity contribution < 1.29 is 0 Å². The van der Waals surface area contributed by atoms with Crippen molar-refractivity contribution in [3.63, 3.8) is 0 Å². The third kappa shape index (κ3) is 3.05. The van der Waals surface area contributed by atoms with Crippen molar-refractivity contribution >= 4 is 5.82 Å². The third-order valence-corrected chi connectivity index (χ3v) is 6.01. The van der Waals surface area contributed by atoms with Gasteiger partial charge in [0.15, 0.2) is 0 Å². The fourth-order valence-electron chi connectivity index (χ4n) is 4.54. The second-order valence-electron chi connectivity index (χ2n) is 9.22. The number of nitrogens with zero attached hydrogens (tertiary/aromatic N) is 4. The second-order valence-corrected chi connectivity index (χ2v) is 9.22. The van der Waals surface area contributed by atoms with E-state index in [1.165, 1.54) is 0 Å². The number of rotatable bonds is 1. The van der Waals surface area contributed by atoms with E-state index in [1.807, 2.05) is 20.0 Å². The van der Waals surface area contributed by atoms with Crippen LogP contribution in [-0.4, -0.2) is 33.0 Å². The summed E-state index contributed by atoms with van der Waals surface area (Å²) in [5.41, 5.74) is 3.63. The fourth-order valence-corrected chi connectivity index (χ4v) is 4.54. The summed E-state index contributed by atoms with van der Waals surface area (Å²) in [6.07, 6.45) is 5.78. The Labute approximate surface area is 160 Å². The summed E-state index contributed by atoms with van der Waals surface area (Å²) in [5, 5.41) is 0. The van der Waals surface area contributed by atoms with Crippen LogP contribution in [0.25, 0.3) is 0 Å². The monoisotopic (exact) mass is 367 g/mol. The average molecular weight is 367 g/mol. The molecule has 6 nitrogen and oxygen atoms in total. The lowest BCUT2D eigenvalue weighted by Gasteiger charge is -2.41. The topological polar surface area (TPSA) is 74.8 Å². The highest BCUT2D eigenvalue weighted by Crippen LogP contribution is 2.44. The van der Waals surface area contributed by atoms with E-state index in [4.69, 9.17) is 9.97 Å². The van der Waals surface area contributed by atoms with E-state index in [0.29, 0.717) is 0 Å². The summed E-state index contributed by atoms with van der Waals surface area (Å²) >= 11 is 0. The van der Waals surface area contributed by atoms with Crippen LogP contribution in [0.4, 0.5) is 5.82 Å². The zero-order valence-electron chi connectivity index (χ0n) is 17.0. The Morgan fingerprint density at radius 1 is 1.19 bits per heavy atom. The highest BCUT2D eigenvalue weighted by molar-refractivity contribution is 5.47. The van der Waals surface area contributed by atoms with E-state index in [9.17, 15) is 4.79 Å². The van der Waals surface area contributed by atoms with E-state index in [2.05, 4.69) is 35.6 Å². The lowest BCUT2D eigenvalue weighted by atomic mass is 9.77. The zero-order chi connectivity index (χ0) is 19.4. The van der Waals surface area contributed by atoms with Gasteiger partial charge in [0.1, 0.15) is 11.6 Å². The molecule has 0 radical (unpaired) electrons. The molecule has 2 aliphatic rings. The van der Waals surface area contributed by atoms with Gasteiger partial charge in [-0.2, -0.15) is 0 Å². The molecule has 1 unspecified atom stereocenters. The fraction of sp³-hybridized carbons (Fsp3) is 0.619. The van der Waals surface area contributed by atoms with Crippen molar-refractivity contribution in [1.29, 1.82) is 0 Å². The van der Waals surface area contributed by atoms with Gasteiger partial charge in [0, 0.05) is 35.7 Å². The van der Waals surface area contributed by atoms with Gasteiger partial charge in [0.05, 0.1) is 17.1 Å². The van der Waals surface area contributed by atoms with Gasteiger partial charge in [-0.3, -0.25) is 9.78 Å². The van der Waals surface area contributed by atoms with Crippen molar-refractivity contribution in [2.45, 2.75) is 71.1 Å². The molecule has 2 aromatic rings. The largest absolute Gasteiger partial charge is 0.354 e. The first-order valence-electron chi connectivity index (χ1n) is 9.89. The number of aromatic nitrogens is 4. The van der Waals surface area contributed by atoms with Gasteiger partial charge in [-0.1, -0.05) is 20.8 Å². The minimum atomic E-state index is -0.176. The molecular weight excluding hydrogens is 338 g/mol. The van der Waals surface area contributed by atoms with Crippen LogP contribution in [0.1, 0.15) is 68.5 Å². The predicted octanol–water partition coefficient (Wildman–Crippen LogP) is 2.96. The first kappa shape index (κ1) is 18.1. The normalized spacial score (nSPS) is 22.3. The van der Waals surface area contributed by atoms with Crippen LogP contribution in [0.3, 0.4) is 0 Å². The van der Waals surface area contributed by atoms with Gasteiger partial charge in [-0.25, -0.2) is 9.97 Å². The number of anilines is 1. The number of H-pyrrole nitrogens is 1. The maximum Gasteiger partial charge on any atom is 0.254 e. The molecular formula is C21H29N5O. The molecule has 4 rings (SSSR count). The molecule has 2 aromatic heterocycles. The molecule has 1 fully saturated rings. The second kappa shape index (κ2) is 6.14. The molecule has 1 aliphatic carbocycles. The lowest BCUT2D eigenvalue weighted by molar-refractivity contribution is 0.330. The molecule has 1 spiro atoms. The minimum Gasteiger partial charge on any atom is -0.354 e. The smallest absolute Gasteiger partial charge is 0.254 e. The van der Waals surface area contributed by atoms with Crippen molar-refractivity contribution in [2.75, 3.05) is 18.0 Å². The number of hydrogen-bond donors (Lipinski definition) is 1. The van der Waals surface area contributed by atoms with Gasteiger partial charge in [-0.15, -0.1) is 0 Å². The number of piperidine rings is 1. The lowest BCUT2D eigenvalue weighted by Crippen LogP contribution is -2.46. The Balaban J connectivity index is 1.77. The zero-order valence-corrected chi connectivity index (χ0v) is 17.0. The van der Waals surface area contributed by atoms with Crippen LogP contribution >= 0.6 is 0 Å². The van der Waals surface area contributed by atoms with Crippen LogP contribution in [0.15, 0.2) is 11.0 Å². The molecule has 0 aromatic carbocycles. The quantitative estimate of drug-likeness (QED) is 0.839. The number of aryl methyl sites for hydroxylation is 2. The van der Waals surface area contributed by atoms with Crippen molar-refractivity contribution in [1.82, 2.24) is 19.9 Å². The van der Waals surface area contributed by atoms with E-state index >= 15 is 0 Å². The van der Waals surface area contributed by atoms with Crippen molar-refractivity contribution in [3.8, 4) is 0 Å². The highest BCUT2D eigenvalue weighted by atomic mass is 16.1. The number of hydrogen-bond acceptors (Lipinski definition) is 5. The van der Waals surface area contributed by atoms with Crippen LogP contribution in [0, 0.1) is 13.8 Å². The van der Waals surface area contributed by atoms with Gasteiger partial charge in [0.25, 0.3) is 5.56 Å². The third-order valence-electron chi connectivity index (χ3n) is 6.01. The molecule has 144 valence electrons. The maximum absolute atomic E-state index is 12.7. The summed E-state index contributed by atoms with van der Waals surface area (Å²) in [5.74, 6) is 1.76. The Morgan fingerprint density at radius 2 is 1.96 bits per heavy atom. The van der Waals surface area contributed by atoms with E-state index in [-0.39, 0.29) is 16.4 Å². The predicted molar refractivity (Wildman–Crippen MR) is 107 cm³/mol. The summed E-state index contributed by atoms with van der Waals surface area (Å²) in [7, 11) is 0. The van der Waals surface area contributed by atoms with E-state index in [0.717, 1.165) is 73.1 Å². The molecule has 0 amide bonds. The Morgan fingerprint density at radius 3 is 2.70 bits per heavy atom. The van der Waals surface area contributed by atoms with Crippen LogP contribution in [0.2, 0.25) is 0 Å². The SMILES string of the molecule is Cc1cnc(C)c(N2CCCC3(CCc4c3nc(C(C)(C)C)[nH]c4=O)C2)n1. The Kier molecular flexibility index (Phi) is 4.13. The first-order valence-corrected chi connectivity index (χ1v) is 9.89. The van der Waals surface area contributed by atoms with Gasteiger partial charge >= 0.3 is 0 Å². The Hall–Kier alpha value is -2.24. The van der Waals surface area contributed by atoms with Gasteiger partial charge < -0.3 is 9.88 Å². The maximum atomic E-state index is 12.7. The summed E-state index contributed by atoms with van der Waals surface area (Å²) in [6.45, 7) is 12.1. The molecule has 3 heterocycles. The summed E-state index contributed by atoms with van der Waals surface area (Å²) in [6, 6.07) is 0. The summed E-state index contributed by atoms with van der Waals surface area (Å²) < 4.78 is 0. The van der Waals surface area contributed by atoms with Gasteiger partial charge in [0.2, 0.25) is 0 Å². The van der Waals surface area contributed by atoms with Crippen LogP contribution in [-0.2, 0) is 17.3 Å². The van der Waals surface area contributed by atoms with Crippen LogP contribution < -0.4 is 10.5 Å². The molecule has 1 N–H and O–H groups in total. The average Bonchev–Trinajstić information content (AvgIpc) is 2.95. The number of aromatic amines is 1. The van der Waals surface area contributed by atoms with E-state index in [1.54, 1.807) is 0 Å². The van der Waals surface area contributed by atoms with Gasteiger partial charge in [-0.05, 0) is 39.5 Å². The number of nitrogens with one attached hydrogen (secondary N) is 1. The van der Waals surface area contributed by atoms with Crippen molar-refractivity contribution in [2.24, 2.45) is 0 Å². The first-order chi connectivity index (χ1) is 12.7. The van der Waals surface area contributed by atoms with E-state index < -0.39 is 0 Å². The number of fused-ring (bicyclic) bond motifs is 2. The summed E-state index contributed by atoms with van der Waals surface area (Å²) in [4.78, 5) is 32.4. The molecule has 0 saturated carbocycles. The van der Waals surface area contributed by atoms with Crippen LogP contribution in [0.5, 0.6) is 0 Å². The molecule has 27 heavy (non-hydrogen) atoms. The molecule has 1 aliphatic heterocycles. The standard InChI is InChI=1S/C21H29N5O/c1-13-11-22-14(2)17(23-13)26-10-6-8-21(12-26)9-7-15-16(21)24-19(20(3,4)5)25-18(15)27/h11H,6-10,12H2,1-5H3,(H,24,25,27). The molecule has 6 heteroatoms. The minimum absolute atomic E-state index is 0.0467.